The van der Waals surface area contributed by atoms with Crippen LogP contribution in [0.3, 0.4) is 0 Å². The Kier molecular flexibility index (Phi) is 9.20. The Bertz CT molecular complexity index is 1060. The second-order valence-electron chi connectivity index (χ2n) is 16.2. The number of piperidine rings is 1. The highest BCUT2D eigenvalue weighted by Gasteiger charge is 2.41. The molecule has 2 atom stereocenters. The molecule has 2 unspecified atom stereocenters. The normalized spacial score (nSPS) is 20.6. The third kappa shape index (κ3) is 7.55. The van der Waals surface area contributed by atoms with E-state index in [0.29, 0.717) is 23.6 Å². The van der Waals surface area contributed by atoms with Crippen molar-refractivity contribution in [2.45, 2.75) is 157 Å². The summed E-state index contributed by atoms with van der Waals surface area (Å²) in [6.07, 6.45) is 2.03. The van der Waals surface area contributed by atoms with Crippen molar-refractivity contribution in [1.29, 1.82) is 0 Å². The monoisotopic (exact) mass is 585 g/mol. The van der Waals surface area contributed by atoms with Gasteiger partial charge in [-0.25, -0.2) is 0 Å². The first-order valence-electron chi connectivity index (χ1n) is 14.8. The van der Waals surface area contributed by atoms with Crippen LogP contribution in [0, 0.1) is 0 Å². The van der Waals surface area contributed by atoms with Crippen molar-refractivity contribution in [3.63, 3.8) is 0 Å². The molecule has 1 heterocycles. The maximum Gasteiger partial charge on any atom is 0.123 e. The number of thioether (sulfide) groups is 2. The molecule has 2 aromatic carbocycles. The maximum absolute atomic E-state index is 11.4. The highest BCUT2D eigenvalue weighted by Crippen LogP contribution is 2.56. The fourth-order valence-corrected chi connectivity index (χ4v) is 9.50. The Labute approximate surface area is 253 Å². The van der Waals surface area contributed by atoms with Gasteiger partial charge in [-0.05, 0) is 72.6 Å². The lowest BCUT2D eigenvalue weighted by molar-refractivity contribution is 0.345. The molecule has 0 amide bonds. The van der Waals surface area contributed by atoms with Crippen LogP contribution >= 0.6 is 23.5 Å². The molecule has 0 aromatic heterocycles. The van der Waals surface area contributed by atoms with Gasteiger partial charge in [0.2, 0.25) is 0 Å². The first-order chi connectivity index (χ1) is 17.9. The predicted octanol–water partition coefficient (Wildman–Crippen LogP) is 10.0. The number of hydrogen-bond acceptors (Lipinski definition) is 5. The number of hydrogen-bond donors (Lipinski definition) is 3. The van der Waals surface area contributed by atoms with Gasteiger partial charge in [0.05, 0.1) is 4.08 Å². The minimum absolute atomic E-state index is 0.105. The number of nitrogens with one attached hydrogen (secondary N) is 1. The van der Waals surface area contributed by atoms with Crippen LogP contribution in [-0.4, -0.2) is 26.4 Å². The quantitative estimate of drug-likeness (QED) is 0.312. The Morgan fingerprint density at radius 2 is 0.825 bits per heavy atom. The van der Waals surface area contributed by atoms with Gasteiger partial charge in [-0.1, -0.05) is 83.1 Å². The first-order valence-corrected chi connectivity index (χ1v) is 16.5. The van der Waals surface area contributed by atoms with E-state index in [1.54, 1.807) is 0 Å². The average Bonchev–Trinajstić information content (AvgIpc) is 2.72. The van der Waals surface area contributed by atoms with Crippen LogP contribution < -0.4 is 5.32 Å². The van der Waals surface area contributed by atoms with Gasteiger partial charge >= 0.3 is 0 Å². The largest absolute Gasteiger partial charge is 0.507 e. The molecule has 0 spiro atoms. The second kappa shape index (κ2) is 11.1. The Morgan fingerprint density at radius 3 is 1.05 bits per heavy atom. The lowest BCUT2D eigenvalue weighted by Gasteiger charge is -2.43. The van der Waals surface area contributed by atoms with Crippen molar-refractivity contribution in [3.05, 3.63) is 46.5 Å². The maximum atomic E-state index is 11.4. The molecule has 0 bridgehead atoms. The Balaban J connectivity index is 2.22. The Hall–Kier alpha value is -1.30. The van der Waals surface area contributed by atoms with Crippen LogP contribution in [0.5, 0.6) is 11.5 Å². The summed E-state index contributed by atoms with van der Waals surface area (Å²) in [4.78, 5) is 2.43. The van der Waals surface area contributed by atoms with Crippen LogP contribution in [0.1, 0.15) is 132 Å². The van der Waals surface area contributed by atoms with Crippen molar-refractivity contribution >= 4 is 23.5 Å². The average molecular weight is 586 g/mol. The van der Waals surface area contributed by atoms with Gasteiger partial charge in [-0.2, -0.15) is 0 Å². The van der Waals surface area contributed by atoms with Crippen LogP contribution in [0.2, 0.25) is 0 Å². The molecule has 1 saturated heterocycles. The fraction of sp³-hybridized carbons (Fsp3) is 0.657. The summed E-state index contributed by atoms with van der Waals surface area (Å²) >= 11 is 3.93. The summed E-state index contributed by atoms with van der Waals surface area (Å²) in [5.41, 5.74) is 3.34. The van der Waals surface area contributed by atoms with E-state index in [2.05, 4.69) is 127 Å². The fourth-order valence-electron chi connectivity index (χ4n) is 5.86. The topological polar surface area (TPSA) is 52.5 Å². The molecule has 0 aliphatic carbocycles. The van der Waals surface area contributed by atoms with Crippen LogP contribution in [-0.2, 0) is 21.7 Å². The second-order valence-corrected chi connectivity index (χ2v) is 19.4. The third-order valence-electron chi connectivity index (χ3n) is 7.81. The number of rotatable bonds is 4. The van der Waals surface area contributed by atoms with E-state index in [-0.39, 0.29) is 25.7 Å². The van der Waals surface area contributed by atoms with Crippen molar-refractivity contribution in [2.24, 2.45) is 0 Å². The molecule has 1 aliphatic rings. The summed E-state index contributed by atoms with van der Waals surface area (Å²) in [5, 5.41) is 26.5. The molecule has 40 heavy (non-hydrogen) atoms. The van der Waals surface area contributed by atoms with Crippen LogP contribution in [0.4, 0.5) is 0 Å². The summed E-state index contributed by atoms with van der Waals surface area (Å²) in [6.45, 7) is 30.8. The molecule has 1 fully saturated rings. The third-order valence-corrected chi connectivity index (χ3v) is 10.7. The molecule has 5 heteroatoms. The molecule has 3 rings (SSSR count). The summed E-state index contributed by atoms with van der Waals surface area (Å²) in [7, 11) is 0. The van der Waals surface area contributed by atoms with Crippen molar-refractivity contribution in [1.82, 2.24) is 5.32 Å². The van der Waals surface area contributed by atoms with Crippen molar-refractivity contribution in [2.75, 3.05) is 0 Å². The minimum atomic E-state index is -0.171. The van der Waals surface area contributed by atoms with E-state index in [4.69, 9.17) is 0 Å². The van der Waals surface area contributed by atoms with Gasteiger partial charge in [0.15, 0.2) is 0 Å². The lowest BCUT2D eigenvalue weighted by atomic mass is 9.79. The minimum Gasteiger partial charge on any atom is -0.507 e. The number of phenolic OH excluding ortho intramolecular Hbond substituents is 2. The smallest absolute Gasteiger partial charge is 0.123 e. The highest BCUT2D eigenvalue weighted by atomic mass is 32.2. The van der Waals surface area contributed by atoms with Crippen LogP contribution in [0.15, 0.2) is 34.1 Å². The molecule has 224 valence electrons. The van der Waals surface area contributed by atoms with E-state index >= 15 is 0 Å². The Morgan fingerprint density at radius 1 is 0.575 bits per heavy atom. The highest BCUT2D eigenvalue weighted by molar-refractivity contribution is 8.18. The van der Waals surface area contributed by atoms with Crippen molar-refractivity contribution in [3.8, 4) is 11.5 Å². The number of phenols is 2. The van der Waals surface area contributed by atoms with E-state index in [1.165, 1.54) is 9.79 Å². The zero-order chi connectivity index (χ0) is 30.6. The van der Waals surface area contributed by atoms with Gasteiger partial charge in [-0.15, -0.1) is 23.5 Å². The number of benzene rings is 2. The molecule has 3 nitrogen and oxygen atoms in total. The molecule has 0 saturated carbocycles. The molecular formula is C35H55NO2S2. The van der Waals surface area contributed by atoms with E-state index < -0.39 is 0 Å². The molecular weight excluding hydrogens is 531 g/mol. The predicted molar refractivity (Wildman–Crippen MR) is 177 cm³/mol. The summed E-state index contributed by atoms with van der Waals surface area (Å²) < 4.78 is -0.105. The van der Waals surface area contributed by atoms with Gasteiger partial charge in [0, 0.05) is 44.1 Å². The summed E-state index contributed by atoms with van der Waals surface area (Å²) in [5.74, 6) is 0.863. The zero-order valence-electron chi connectivity index (χ0n) is 27.6. The van der Waals surface area contributed by atoms with Crippen LogP contribution in [0.25, 0.3) is 0 Å². The molecule has 3 N–H and O–H groups in total. The van der Waals surface area contributed by atoms with E-state index in [1.807, 2.05) is 23.5 Å². The SMILES string of the molecule is CC1CC(Sc2cc(C(C)(C)C)c(O)c(C(C)(C)C)c2)(Sc2cc(C(C)(C)C)c(O)c(C(C)(C)C)c2)CC(C)N1. The van der Waals surface area contributed by atoms with Gasteiger partial charge in [-0.3, -0.25) is 0 Å². The standard InChI is InChI=1S/C35H55NO2S2/c1-21-19-35(20-22(2)36-21,39-23-15-25(31(3,4)5)29(37)26(16-23)32(6,7)8)40-24-17-27(33(9,10)11)30(38)28(18-24)34(12,13)14/h15-18,21-22,36-38H,19-20H2,1-14H3. The molecule has 1 aliphatic heterocycles. The first kappa shape index (κ1) is 33.2. The van der Waals surface area contributed by atoms with E-state index in [0.717, 1.165) is 35.1 Å². The molecule has 2 aromatic rings. The van der Waals surface area contributed by atoms with Gasteiger partial charge in [0.1, 0.15) is 11.5 Å². The van der Waals surface area contributed by atoms with Crippen molar-refractivity contribution < 1.29 is 10.2 Å². The van der Waals surface area contributed by atoms with Gasteiger partial charge < -0.3 is 15.5 Å². The lowest BCUT2D eigenvalue weighted by Crippen LogP contribution is -2.48. The molecule has 0 radical (unpaired) electrons. The zero-order valence-corrected chi connectivity index (χ0v) is 29.2. The van der Waals surface area contributed by atoms with Gasteiger partial charge in [0.25, 0.3) is 0 Å². The van der Waals surface area contributed by atoms with E-state index in [9.17, 15) is 10.2 Å². The number of aromatic hydroxyl groups is 2. The summed E-state index contributed by atoms with van der Waals surface area (Å²) in [6, 6.07) is 9.68.